The smallest absolute Gasteiger partial charge is 0.326 e. The van der Waals surface area contributed by atoms with E-state index >= 15 is 0 Å². The number of carboxylic acid groups (broad SMARTS) is 1. The summed E-state index contributed by atoms with van der Waals surface area (Å²) in [6.45, 7) is 4.46. The van der Waals surface area contributed by atoms with E-state index in [-0.39, 0.29) is 11.8 Å². The third kappa shape index (κ3) is 3.00. The highest BCUT2D eigenvalue weighted by Crippen LogP contribution is 2.25. The molecule has 1 amide bonds. The molecule has 2 atom stereocenters. The van der Waals surface area contributed by atoms with Gasteiger partial charge in [0.1, 0.15) is 6.04 Å². The lowest BCUT2D eigenvalue weighted by Crippen LogP contribution is -2.48. The summed E-state index contributed by atoms with van der Waals surface area (Å²) in [6.07, 6.45) is 1.74. The lowest BCUT2D eigenvalue weighted by Gasteiger charge is -2.35. The molecule has 1 aliphatic rings. The number of nitrogens with zero attached hydrogens (tertiary/aromatic N) is 1. The van der Waals surface area contributed by atoms with Crippen LogP contribution in [0.25, 0.3) is 0 Å². The molecule has 0 saturated carbocycles. The van der Waals surface area contributed by atoms with Crippen molar-refractivity contribution in [1.82, 2.24) is 4.90 Å². The monoisotopic (exact) mass is 275 g/mol. The van der Waals surface area contributed by atoms with Gasteiger partial charge in [-0.2, -0.15) is 0 Å². The molecule has 20 heavy (non-hydrogen) atoms. The number of hydrogen-bond donors (Lipinski definition) is 1. The maximum absolute atomic E-state index is 12.4. The van der Waals surface area contributed by atoms with Gasteiger partial charge in [-0.25, -0.2) is 4.79 Å². The average molecular weight is 275 g/mol. The Morgan fingerprint density at radius 2 is 2.00 bits per heavy atom. The van der Waals surface area contributed by atoms with E-state index in [4.69, 9.17) is 0 Å². The van der Waals surface area contributed by atoms with Gasteiger partial charge in [-0.15, -0.1) is 0 Å². The van der Waals surface area contributed by atoms with Crippen LogP contribution in [0.3, 0.4) is 0 Å². The van der Waals surface area contributed by atoms with Crippen molar-refractivity contribution in [2.24, 2.45) is 5.92 Å². The maximum atomic E-state index is 12.4. The van der Waals surface area contributed by atoms with E-state index in [2.05, 4.69) is 0 Å². The summed E-state index contributed by atoms with van der Waals surface area (Å²) in [6, 6.07) is 7.02. The molecule has 0 aromatic heterocycles. The van der Waals surface area contributed by atoms with E-state index < -0.39 is 12.0 Å². The molecule has 1 aliphatic heterocycles. The Balaban J connectivity index is 2.22. The highest BCUT2D eigenvalue weighted by Gasteiger charge is 2.34. The van der Waals surface area contributed by atoms with Gasteiger partial charge in [-0.05, 0) is 17.0 Å². The predicted octanol–water partition coefficient (Wildman–Crippen LogP) is 2.46. The molecule has 0 aliphatic carbocycles. The fourth-order valence-corrected chi connectivity index (χ4v) is 2.57. The predicted molar refractivity (Wildman–Crippen MR) is 76.2 cm³/mol. The van der Waals surface area contributed by atoms with E-state index in [9.17, 15) is 14.7 Å². The van der Waals surface area contributed by atoms with Crippen molar-refractivity contribution < 1.29 is 14.7 Å². The lowest BCUT2D eigenvalue weighted by molar-refractivity contribution is -0.151. The normalized spacial score (nSPS) is 19.3. The third-order valence-electron chi connectivity index (χ3n) is 4.07. The molecule has 0 saturated heterocycles. The number of carbonyl (C=O) groups excluding carboxylic acids is 1. The number of aliphatic carboxylic acids is 1. The van der Waals surface area contributed by atoms with E-state index in [1.807, 2.05) is 38.1 Å². The van der Waals surface area contributed by atoms with Gasteiger partial charge < -0.3 is 10.0 Å². The van der Waals surface area contributed by atoms with Crippen LogP contribution in [0.1, 0.15) is 37.8 Å². The Morgan fingerprint density at radius 1 is 1.35 bits per heavy atom. The highest BCUT2D eigenvalue weighted by molar-refractivity contribution is 5.84. The minimum absolute atomic E-state index is 0.0544. The second-order valence-corrected chi connectivity index (χ2v) is 5.57. The second-order valence-electron chi connectivity index (χ2n) is 5.57. The third-order valence-corrected chi connectivity index (χ3v) is 4.07. The zero-order valence-corrected chi connectivity index (χ0v) is 12.0. The summed E-state index contributed by atoms with van der Waals surface area (Å²) in [7, 11) is 0. The number of fused-ring (bicyclic) bond motifs is 1. The first kappa shape index (κ1) is 14.6. The minimum Gasteiger partial charge on any atom is -0.480 e. The van der Waals surface area contributed by atoms with Gasteiger partial charge in [0.05, 0.1) is 0 Å². The molecular weight excluding hydrogens is 254 g/mol. The molecule has 1 aromatic rings. The summed E-state index contributed by atoms with van der Waals surface area (Å²) in [4.78, 5) is 25.3. The van der Waals surface area contributed by atoms with Gasteiger partial charge in [-0.1, -0.05) is 44.5 Å². The number of carbonyl (C=O) groups is 2. The second kappa shape index (κ2) is 6.07. The molecule has 0 fully saturated rings. The van der Waals surface area contributed by atoms with Crippen LogP contribution in [-0.4, -0.2) is 27.9 Å². The van der Waals surface area contributed by atoms with Gasteiger partial charge >= 0.3 is 5.97 Å². The highest BCUT2D eigenvalue weighted by atomic mass is 16.4. The first-order valence-electron chi connectivity index (χ1n) is 7.12. The van der Waals surface area contributed by atoms with Gasteiger partial charge in [-0.3, -0.25) is 4.79 Å². The standard InChI is InChI=1S/C16H21NO3/c1-3-11(2)8-15(18)17-10-13-7-5-4-6-12(13)9-14(17)16(19)20/h4-7,11,14H,3,8-10H2,1-2H3,(H,19,20)/t11?,14-/m1/s1. The molecule has 4 nitrogen and oxygen atoms in total. The number of hydrogen-bond acceptors (Lipinski definition) is 2. The summed E-state index contributed by atoms with van der Waals surface area (Å²) in [5.74, 6) is -0.688. The van der Waals surface area contributed by atoms with Crippen molar-refractivity contribution in [1.29, 1.82) is 0 Å². The van der Waals surface area contributed by atoms with Crippen molar-refractivity contribution in [3.05, 3.63) is 35.4 Å². The minimum atomic E-state index is -0.919. The molecule has 0 bridgehead atoms. The molecule has 0 spiro atoms. The van der Waals surface area contributed by atoms with E-state index in [0.29, 0.717) is 19.4 Å². The molecule has 1 aromatic carbocycles. The molecule has 108 valence electrons. The fraction of sp³-hybridized carbons (Fsp3) is 0.500. The van der Waals surface area contributed by atoms with Crippen LogP contribution in [0.15, 0.2) is 24.3 Å². The zero-order chi connectivity index (χ0) is 14.7. The lowest BCUT2D eigenvalue weighted by atomic mass is 9.93. The van der Waals surface area contributed by atoms with E-state index in [1.54, 1.807) is 0 Å². The summed E-state index contributed by atoms with van der Waals surface area (Å²) in [5.41, 5.74) is 2.09. The average Bonchev–Trinajstić information content (AvgIpc) is 2.45. The van der Waals surface area contributed by atoms with Crippen LogP contribution in [0.2, 0.25) is 0 Å². The van der Waals surface area contributed by atoms with Crippen LogP contribution < -0.4 is 0 Å². The van der Waals surface area contributed by atoms with Crippen molar-refractivity contribution in [2.75, 3.05) is 0 Å². The molecule has 1 heterocycles. The number of rotatable bonds is 4. The molecule has 1 N–H and O–H groups in total. The SMILES string of the molecule is CCC(C)CC(=O)N1Cc2ccccc2C[C@@H]1C(=O)O. The van der Waals surface area contributed by atoms with Crippen LogP contribution in [0.5, 0.6) is 0 Å². The van der Waals surface area contributed by atoms with Crippen LogP contribution >= 0.6 is 0 Å². The Bertz CT molecular complexity index is 512. The van der Waals surface area contributed by atoms with Gasteiger partial charge in [0, 0.05) is 19.4 Å². The maximum Gasteiger partial charge on any atom is 0.326 e. The van der Waals surface area contributed by atoms with Crippen molar-refractivity contribution >= 4 is 11.9 Å². The molecular formula is C16H21NO3. The Hall–Kier alpha value is -1.84. The Kier molecular flexibility index (Phi) is 4.42. The van der Waals surface area contributed by atoms with Crippen LogP contribution in [0.4, 0.5) is 0 Å². The number of amides is 1. The first-order valence-corrected chi connectivity index (χ1v) is 7.12. The van der Waals surface area contributed by atoms with Gasteiger partial charge in [0.2, 0.25) is 5.91 Å². The summed E-state index contributed by atoms with van der Waals surface area (Å²) >= 11 is 0. The van der Waals surface area contributed by atoms with Crippen LogP contribution in [0, 0.1) is 5.92 Å². The van der Waals surface area contributed by atoms with Crippen molar-refractivity contribution in [3.8, 4) is 0 Å². The first-order chi connectivity index (χ1) is 9.52. The number of carboxylic acids is 1. The summed E-state index contributed by atoms with van der Waals surface area (Å²) < 4.78 is 0. The molecule has 1 unspecified atom stereocenters. The zero-order valence-electron chi connectivity index (χ0n) is 12.0. The largest absolute Gasteiger partial charge is 0.480 e. The molecule has 2 rings (SSSR count). The van der Waals surface area contributed by atoms with E-state index in [0.717, 1.165) is 17.5 Å². The van der Waals surface area contributed by atoms with Gasteiger partial charge in [0.25, 0.3) is 0 Å². The topological polar surface area (TPSA) is 57.6 Å². The number of benzene rings is 1. The summed E-state index contributed by atoms with van der Waals surface area (Å²) in [5, 5.41) is 9.38. The van der Waals surface area contributed by atoms with Crippen molar-refractivity contribution in [3.63, 3.8) is 0 Å². The fourth-order valence-electron chi connectivity index (χ4n) is 2.57. The quantitative estimate of drug-likeness (QED) is 0.918. The molecule has 0 radical (unpaired) electrons. The Labute approximate surface area is 119 Å². The van der Waals surface area contributed by atoms with Crippen LogP contribution in [-0.2, 0) is 22.6 Å². The molecule has 4 heteroatoms. The Morgan fingerprint density at radius 3 is 2.60 bits per heavy atom. The van der Waals surface area contributed by atoms with Gasteiger partial charge in [0.15, 0.2) is 0 Å². The van der Waals surface area contributed by atoms with E-state index in [1.165, 1.54) is 4.90 Å². The van der Waals surface area contributed by atoms with Crippen molar-refractivity contribution in [2.45, 2.75) is 45.7 Å².